The highest BCUT2D eigenvalue weighted by atomic mass is 16.5. The summed E-state index contributed by atoms with van der Waals surface area (Å²) in [5.74, 6) is 3.03. The van der Waals surface area contributed by atoms with Crippen molar-refractivity contribution < 1.29 is 18.9 Å². The molecule has 6 heteroatoms. The van der Waals surface area contributed by atoms with Gasteiger partial charge < -0.3 is 24.4 Å². The minimum absolute atomic E-state index is 0.0870. The van der Waals surface area contributed by atoms with E-state index in [1.807, 2.05) is 12.1 Å². The number of methoxy groups -OCH3 is 4. The fourth-order valence-electron chi connectivity index (χ4n) is 4.05. The molecule has 0 amide bonds. The summed E-state index contributed by atoms with van der Waals surface area (Å²) in [7, 11) is 6.63. The standard InChI is InChI=1S/C21H24N2O4/c1-24-13-7-5-12(6-8-13)19-18-15-11-17(25-2)21(27-4)20(26-3)14(15)9-10-16(18)22-23-19/h5-8,10-11,18-19,22-23H,9H2,1-4H3. The van der Waals surface area contributed by atoms with Gasteiger partial charge in [0.2, 0.25) is 5.75 Å². The molecule has 0 radical (unpaired) electrons. The second-order valence-corrected chi connectivity index (χ2v) is 6.57. The Morgan fingerprint density at radius 1 is 0.889 bits per heavy atom. The molecule has 1 saturated heterocycles. The Bertz CT molecular complexity index is 877. The van der Waals surface area contributed by atoms with Crippen molar-refractivity contribution in [2.75, 3.05) is 28.4 Å². The van der Waals surface area contributed by atoms with Gasteiger partial charge in [0.25, 0.3) is 0 Å². The van der Waals surface area contributed by atoms with Gasteiger partial charge in [-0.15, -0.1) is 0 Å². The molecule has 2 aliphatic rings. The lowest BCUT2D eigenvalue weighted by Crippen LogP contribution is -2.24. The molecule has 2 aromatic rings. The number of fused-ring (bicyclic) bond motifs is 3. The quantitative estimate of drug-likeness (QED) is 0.846. The van der Waals surface area contributed by atoms with Crippen LogP contribution in [0, 0.1) is 0 Å². The molecule has 0 bridgehead atoms. The summed E-state index contributed by atoms with van der Waals surface area (Å²) < 4.78 is 22.1. The van der Waals surface area contributed by atoms with Gasteiger partial charge in [-0.3, -0.25) is 0 Å². The number of benzene rings is 2. The fraction of sp³-hybridized carbons (Fsp3) is 0.333. The second kappa shape index (κ2) is 7.04. The lowest BCUT2D eigenvalue weighted by molar-refractivity contribution is 0.321. The van der Waals surface area contributed by atoms with Crippen molar-refractivity contribution in [1.29, 1.82) is 0 Å². The van der Waals surface area contributed by atoms with Gasteiger partial charge in [0.15, 0.2) is 11.5 Å². The number of hydrogen-bond acceptors (Lipinski definition) is 6. The zero-order valence-corrected chi connectivity index (χ0v) is 16.0. The maximum absolute atomic E-state index is 5.71. The van der Waals surface area contributed by atoms with Crippen LogP contribution >= 0.6 is 0 Å². The van der Waals surface area contributed by atoms with Crippen molar-refractivity contribution in [3.8, 4) is 23.0 Å². The fourth-order valence-corrected chi connectivity index (χ4v) is 4.05. The van der Waals surface area contributed by atoms with E-state index in [1.165, 1.54) is 11.1 Å². The Labute approximate surface area is 159 Å². The highest BCUT2D eigenvalue weighted by Gasteiger charge is 2.39. The van der Waals surface area contributed by atoms with Crippen LogP contribution in [0.25, 0.3) is 0 Å². The third kappa shape index (κ3) is 2.77. The minimum atomic E-state index is 0.0870. The normalized spacial score (nSPS) is 20.1. The summed E-state index contributed by atoms with van der Waals surface area (Å²) in [5, 5.41) is 0. The lowest BCUT2D eigenvalue weighted by atomic mass is 9.79. The Morgan fingerprint density at radius 3 is 2.26 bits per heavy atom. The molecule has 2 unspecified atom stereocenters. The molecule has 1 fully saturated rings. The van der Waals surface area contributed by atoms with Crippen LogP contribution in [0.5, 0.6) is 23.0 Å². The van der Waals surface area contributed by atoms with Crippen molar-refractivity contribution in [3.63, 3.8) is 0 Å². The van der Waals surface area contributed by atoms with Crippen LogP contribution in [0.15, 0.2) is 42.1 Å². The number of allylic oxidation sites excluding steroid dienone is 1. The molecule has 2 N–H and O–H groups in total. The largest absolute Gasteiger partial charge is 0.497 e. The minimum Gasteiger partial charge on any atom is -0.497 e. The van der Waals surface area contributed by atoms with Crippen LogP contribution in [0.2, 0.25) is 0 Å². The van der Waals surface area contributed by atoms with E-state index in [9.17, 15) is 0 Å². The summed E-state index contributed by atoms with van der Waals surface area (Å²) in [5.41, 5.74) is 11.4. The Morgan fingerprint density at radius 2 is 1.63 bits per heavy atom. The molecule has 1 aliphatic heterocycles. The third-order valence-corrected chi connectivity index (χ3v) is 5.34. The van der Waals surface area contributed by atoms with E-state index in [0.29, 0.717) is 11.5 Å². The topological polar surface area (TPSA) is 61.0 Å². The molecule has 27 heavy (non-hydrogen) atoms. The summed E-state index contributed by atoms with van der Waals surface area (Å²) in [6.07, 6.45) is 2.98. The van der Waals surface area contributed by atoms with Crippen LogP contribution in [0.4, 0.5) is 0 Å². The SMILES string of the molecule is COc1ccc(C2NNC3=CCc4c(cc(OC)c(OC)c4OC)C32)cc1. The van der Waals surface area contributed by atoms with Crippen molar-refractivity contribution in [2.24, 2.45) is 0 Å². The molecule has 0 saturated carbocycles. The van der Waals surface area contributed by atoms with E-state index in [4.69, 9.17) is 18.9 Å². The van der Waals surface area contributed by atoms with Crippen LogP contribution < -0.4 is 29.8 Å². The van der Waals surface area contributed by atoms with Crippen molar-refractivity contribution in [3.05, 3.63) is 58.8 Å². The van der Waals surface area contributed by atoms with Gasteiger partial charge in [0.05, 0.1) is 34.5 Å². The van der Waals surface area contributed by atoms with Gasteiger partial charge in [0.1, 0.15) is 5.75 Å². The molecular formula is C21H24N2O4. The van der Waals surface area contributed by atoms with Gasteiger partial charge in [-0.1, -0.05) is 18.2 Å². The van der Waals surface area contributed by atoms with E-state index >= 15 is 0 Å². The maximum atomic E-state index is 5.71. The monoisotopic (exact) mass is 368 g/mol. The maximum Gasteiger partial charge on any atom is 0.203 e. The summed E-state index contributed by atoms with van der Waals surface area (Å²) in [6, 6.07) is 10.3. The molecule has 142 valence electrons. The molecule has 6 nitrogen and oxygen atoms in total. The van der Waals surface area contributed by atoms with Crippen molar-refractivity contribution in [2.45, 2.75) is 18.4 Å². The van der Waals surface area contributed by atoms with Gasteiger partial charge >= 0.3 is 0 Å². The molecule has 0 spiro atoms. The van der Waals surface area contributed by atoms with Crippen LogP contribution in [-0.2, 0) is 6.42 Å². The highest BCUT2D eigenvalue weighted by molar-refractivity contribution is 5.63. The molecule has 1 aliphatic carbocycles. The molecule has 1 heterocycles. The summed E-state index contributed by atoms with van der Waals surface area (Å²) >= 11 is 0. The van der Waals surface area contributed by atoms with Gasteiger partial charge in [0, 0.05) is 17.2 Å². The van der Waals surface area contributed by atoms with E-state index in [0.717, 1.165) is 29.2 Å². The summed E-state index contributed by atoms with van der Waals surface area (Å²) in [4.78, 5) is 0. The second-order valence-electron chi connectivity index (χ2n) is 6.57. The Balaban J connectivity index is 1.82. The first-order chi connectivity index (χ1) is 13.2. The Kier molecular flexibility index (Phi) is 4.58. The molecule has 4 rings (SSSR count). The van der Waals surface area contributed by atoms with E-state index in [-0.39, 0.29) is 12.0 Å². The first-order valence-electron chi connectivity index (χ1n) is 8.89. The number of hydrazine groups is 1. The predicted molar refractivity (Wildman–Crippen MR) is 103 cm³/mol. The average molecular weight is 368 g/mol. The van der Waals surface area contributed by atoms with Crippen LogP contribution in [0.1, 0.15) is 28.7 Å². The van der Waals surface area contributed by atoms with Gasteiger partial charge in [-0.05, 0) is 35.7 Å². The molecule has 2 aromatic carbocycles. The van der Waals surface area contributed by atoms with Crippen LogP contribution in [-0.4, -0.2) is 28.4 Å². The smallest absolute Gasteiger partial charge is 0.203 e. The predicted octanol–water partition coefficient (Wildman–Crippen LogP) is 3.09. The number of nitrogens with one attached hydrogen (secondary N) is 2. The lowest BCUT2D eigenvalue weighted by Gasteiger charge is -2.28. The van der Waals surface area contributed by atoms with E-state index in [1.54, 1.807) is 28.4 Å². The number of ether oxygens (including phenoxy) is 4. The van der Waals surface area contributed by atoms with Crippen LogP contribution in [0.3, 0.4) is 0 Å². The first-order valence-corrected chi connectivity index (χ1v) is 8.89. The highest BCUT2D eigenvalue weighted by Crippen LogP contribution is 2.51. The zero-order valence-electron chi connectivity index (χ0n) is 16.0. The number of rotatable bonds is 5. The van der Waals surface area contributed by atoms with Gasteiger partial charge in [-0.25, -0.2) is 5.43 Å². The summed E-state index contributed by atoms with van der Waals surface area (Å²) in [6.45, 7) is 0. The molecule has 2 atom stereocenters. The Hall–Kier alpha value is -2.86. The molecular weight excluding hydrogens is 344 g/mol. The average Bonchev–Trinajstić information content (AvgIpc) is 3.16. The van der Waals surface area contributed by atoms with E-state index in [2.05, 4.69) is 35.1 Å². The van der Waals surface area contributed by atoms with Crippen molar-refractivity contribution >= 4 is 0 Å². The first kappa shape index (κ1) is 17.5. The van der Waals surface area contributed by atoms with Gasteiger partial charge in [-0.2, -0.15) is 0 Å². The van der Waals surface area contributed by atoms with Crippen molar-refractivity contribution in [1.82, 2.24) is 10.9 Å². The van der Waals surface area contributed by atoms with E-state index < -0.39 is 0 Å². The molecule has 0 aromatic heterocycles. The zero-order chi connectivity index (χ0) is 19.0. The third-order valence-electron chi connectivity index (χ3n) is 5.34. The number of hydrogen-bond donors (Lipinski definition) is 2.